The van der Waals surface area contributed by atoms with Gasteiger partial charge in [0.2, 0.25) is 0 Å². The molecule has 0 bridgehead atoms. The number of ether oxygens (including phenoxy) is 3. The molecule has 5 heteroatoms. The Labute approximate surface area is 164 Å². The quantitative estimate of drug-likeness (QED) is 0.515. The lowest BCUT2D eigenvalue weighted by Crippen LogP contribution is -2.11. The topological polar surface area (TPSA) is 44.8 Å². The van der Waals surface area contributed by atoms with E-state index in [1.807, 2.05) is 54.6 Å². The number of halogens is 1. The molecular formula is C22H21ClO4. The summed E-state index contributed by atoms with van der Waals surface area (Å²) >= 11 is 6.35. The Kier molecular flexibility index (Phi) is 6.20. The zero-order chi connectivity index (χ0) is 19.2. The van der Waals surface area contributed by atoms with Gasteiger partial charge in [0.1, 0.15) is 17.3 Å². The van der Waals surface area contributed by atoms with Gasteiger partial charge in [-0.15, -0.1) is 0 Å². The molecule has 0 aromatic heterocycles. The monoisotopic (exact) mass is 384 g/mol. The predicted octanol–water partition coefficient (Wildman–Crippen LogP) is 5.34. The molecule has 0 aliphatic carbocycles. The van der Waals surface area contributed by atoms with Gasteiger partial charge < -0.3 is 14.2 Å². The van der Waals surface area contributed by atoms with Crippen molar-refractivity contribution in [1.29, 1.82) is 0 Å². The first-order valence-corrected chi connectivity index (χ1v) is 9.14. The number of rotatable bonds is 5. The molecule has 2 aromatic carbocycles. The van der Waals surface area contributed by atoms with Gasteiger partial charge in [0, 0.05) is 17.9 Å². The summed E-state index contributed by atoms with van der Waals surface area (Å²) < 4.78 is 16.2. The maximum Gasteiger partial charge on any atom is 0.334 e. The number of hydrogen-bond acceptors (Lipinski definition) is 4. The first-order valence-electron chi connectivity index (χ1n) is 8.76. The third-order valence-electron chi connectivity index (χ3n) is 4.26. The summed E-state index contributed by atoms with van der Waals surface area (Å²) in [5.74, 6) is 1.59. The van der Waals surface area contributed by atoms with E-state index in [9.17, 15) is 4.79 Å². The van der Waals surface area contributed by atoms with Gasteiger partial charge in [0.05, 0.1) is 24.8 Å². The first kappa shape index (κ1) is 19.1. The summed E-state index contributed by atoms with van der Waals surface area (Å²) in [7, 11) is 1.64. The van der Waals surface area contributed by atoms with Gasteiger partial charge in [-0.3, -0.25) is 0 Å². The largest absolute Gasteiger partial charge is 0.497 e. The van der Waals surface area contributed by atoms with E-state index in [4.69, 9.17) is 25.8 Å². The molecule has 0 saturated heterocycles. The Morgan fingerprint density at radius 1 is 1.22 bits per heavy atom. The average Bonchev–Trinajstić information content (AvgIpc) is 2.68. The van der Waals surface area contributed by atoms with Gasteiger partial charge in [-0.05, 0) is 42.8 Å². The highest BCUT2D eigenvalue weighted by atomic mass is 35.5. The number of carbonyl (C=O) groups is 1. The smallest absolute Gasteiger partial charge is 0.334 e. The van der Waals surface area contributed by atoms with E-state index >= 15 is 0 Å². The Bertz CT molecular complexity index is 868. The van der Waals surface area contributed by atoms with Crippen molar-refractivity contribution in [2.24, 2.45) is 0 Å². The van der Waals surface area contributed by atoms with E-state index in [1.165, 1.54) is 6.08 Å². The van der Waals surface area contributed by atoms with E-state index in [1.54, 1.807) is 14.0 Å². The Balaban J connectivity index is 1.98. The van der Waals surface area contributed by atoms with Gasteiger partial charge in [-0.2, -0.15) is 0 Å². The molecule has 0 spiro atoms. The SMILES string of the molecule is CCOC(=O)/C=C1/C[C@H](c2ccc(OC)cc2)C=C(c2ccccc2Cl)O1. The normalized spacial score (nSPS) is 17.8. The summed E-state index contributed by atoms with van der Waals surface area (Å²) in [4.78, 5) is 11.9. The van der Waals surface area contributed by atoms with E-state index in [0.29, 0.717) is 29.6 Å². The van der Waals surface area contributed by atoms with Crippen LogP contribution in [0.15, 0.2) is 66.4 Å². The third-order valence-corrected chi connectivity index (χ3v) is 4.59. The van der Waals surface area contributed by atoms with Crippen molar-refractivity contribution in [1.82, 2.24) is 0 Å². The van der Waals surface area contributed by atoms with E-state index in [-0.39, 0.29) is 5.92 Å². The molecule has 0 N–H and O–H groups in total. The fraction of sp³-hybridized carbons (Fsp3) is 0.227. The second-order valence-corrected chi connectivity index (χ2v) is 6.47. The van der Waals surface area contributed by atoms with Crippen LogP contribution in [0.5, 0.6) is 5.75 Å². The highest BCUT2D eigenvalue weighted by Crippen LogP contribution is 2.38. The maximum absolute atomic E-state index is 11.9. The summed E-state index contributed by atoms with van der Waals surface area (Å²) in [6.07, 6.45) is 3.99. The lowest BCUT2D eigenvalue weighted by atomic mass is 9.91. The minimum atomic E-state index is -0.415. The molecule has 0 unspecified atom stereocenters. The van der Waals surface area contributed by atoms with E-state index < -0.39 is 5.97 Å². The predicted molar refractivity (Wildman–Crippen MR) is 106 cm³/mol. The van der Waals surface area contributed by atoms with Gasteiger partial charge >= 0.3 is 5.97 Å². The van der Waals surface area contributed by atoms with Crippen LogP contribution >= 0.6 is 11.6 Å². The number of carbonyl (C=O) groups excluding carboxylic acids is 1. The zero-order valence-electron chi connectivity index (χ0n) is 15.3. The van der Waals surface area contributed by atoms with Gasteiger partial charge in [0.25, 0.3) is 0 Å². The van der Waals surface area contributed by atoms with Gasteiger partial charge in [-0.25, -0.2) is 4.79 Å². The van der Waals surface area contributed by atoms with Crippen molar-refractivity contribution >= 4 is 23.3 Å². The standard InChI is InChI=1S/C22H21ClO4/c1-3-26-22(24)14-18-12-16(15-8-10-17(25-2)11-9-15)13-21(27-18)19-6-4-5-7-20(19)23/h4-11,13-14,16H,3,12H2,1-2H3/b18-14-/t16-/m0/s1. The molecule has 0 radical (unpaired) electrons. The van der Waals surface area contributed by atoms with Crippen LogP contribution in [0.3, 0.4) is 0 Å². The van der Waals surface area contributed by atoms with Crippen molar-refractivity contribution in [2.75, 3.05) is 13.7 Å². The van der Waals surface area contributed by atoms with Crippen molar-refractivity contribution in [2.45, 2.75) is 19.3 Å². The Morgan fingerprint density at radius 3 is 2.63 bits per heavy atom. The Morgan fingerprint density at radius 2 is 1.96 bits per heavy atom. The van der Waals surface area contributed by atoms with Crippen LogP contribution in [0.25, 0.3) is 5.76 Å². The van der Waals surface area contributed by atoms with Crippen LogP contribution in [0.2, 0.25) is 5.02 Å². The van der Waals surface area contributed by atoms with Crippen LogP contribution in [-0.4, -0.2) is 19.7 Å². The molecule has 1 heterocycles. The second kappa shape index (κ2) is 8.78. The minimum absolute atomic E-state index is 0.0385. The van der Waals surface area contributed by atoms with Crippen LogP contribution < -0.4 is 4.74 Å². The molecule has 1 atom stereocenters. The molecular weight excluding hydrogens is 364 g/mol. The number of hydrogen-bond donors (Lipinski definition) is 0. The van der Waals surface area contributed by atoms with Crippen LogP contribution in [0, 0.1) is 0 Å². The number of allylic oxidation sites excluding steroid dienone is 2. The number of esters is 1. The highest BCUT2D eigenvalue weighted by Gasteiger charge is 2.23. The average molecular weight is 385 g/mol. The maximum atomic E-state index is 11.9. The molecule has 0 amide bonds. The fourth-order valence-electron chi connectivity index (χ4n) is 2.95. The molecule has 27 heavy (non-hydrogen) atoms. The summed E-state index contributed by atoms with van der Waals surface area (Å²) in [5, 5.41) is 0.592. The lowest BCUT2D eigenvalue weighted by molar-refractivity contribution is -0.137. The molecule has 1 aliphatic heterocycles. The first-order chi connectivity index (χ1) is 13.1. The summed E-state index contributed by atoms with van der Waals surface area (Å²) in [6.45, 7) is 2.09. The van der Waals surface area contributed by atoms with Gasteiger partial charge in [0.15, 0.2) is 0 Å². The van der Waals surface area contributed by atoms with Crippen LogP contribution in [0.1, 0.15) is 30.4 Å². The van der Waals surface area contributed by atoms with Crippen LogP contribution in [-0.2, 0) is 14.3 Å². The third kappa shape index (κ3) is 4.72. The van der Waals surface area contributed by atoms with E-state index in [0.717, 1.165) is 16.9 Å². The van der Waals surface area contributed by atoms with Crippen molar-refractivity contribution < 1.29 is 19.0 Å². The summed E-state index contributed by atoms with van der Waals surface area (Å²) in [6, 6.07) is 15.3. The highest BCUT2D eigenvalue weighted by molar-refractivity contribution is 6.32. The molecule has 3 rings (SSSR count). The Hall–Kier alpha value is -2.72. The van der Waals surface area contributed by atoms with Crippen LogP contribution in [0.4, 0.5) is 0 Å². The van der Waals surface area contributed by atoms with Crippen molar-refractivity contribution in [3.63, 3.8) is 0 Å². The molecule has 0 fully saturated rings. The molecule has 140 valence electrons. The second-order valence-electron chi connectivity index (χ2n) is 6.06. The number of benzene rings is 2. The summed E-state index contributed by atoms with van der Waals surface area (Å²) in [5.41, 5.74) is 1.88. The van der Waals surface area contributed by atoms with Crippen molar-refractivity contribution in [3.8, 4) is 5.75 Å². The molecule has 4 nitrogen and oxygen atoms in total. The molecule has 1 aliphatic rings. The molecule has 2 aromatic rings. The minimum Gasteiger partial charge on any atom is -0.497 e. The molecule has 0 saturated carbocycles. The lowest BCUT2D eigenvalue weighted by Gasteiger charge is -2.25. The number of methoxy groups -OCH3 is 1. The van der Waals surface area contributed by atoms with Gasteiger partial charge in [-0.1, -0.05) is 35.9 Å². The van der Waals surface area contributed by atoms with E-state index in [2.05, 4.69) is 0 Å². The fourth-order valence-corrected chi connectivity index (χ4v) is 3.18. The van der Waals surface area contributed by atoms with Crippen molar-refractivity contribution in [3.05, 3.63) is 82.6 Å². The zero-order valence-corrected chi connectivity index (χ0v) is 16.0.